The van der Waals surface area contributed by atoms with E-state index in [4.69, 9.17) is 0 Å². The van der Waals surface area contributed by atoms with Crippen LogP contribution >= 0.6 is 0 Å². The summed E-state index contributed by atoms with van der Waals surface area (Å²) in [5, 5.41) is 7.94. The Morgan fingerprint density at radius 3 is 2.42 bits per heavy atom. The van der Waals surface area contributed by atoms with Crippen LogP contribution in [0.15, 0.2) is 42.5 Å². The fraction of sp³-hybridized carbons (Fsp3) is 0.348. The number of likely N-dealkylation sites (N-methyl/N-ethyl adjacent to an activating group) is 2. The van der Waals surface area contributed by atoms with Crippen molar-refractivity contribution in [3.05, 3.63) is 53.6 Å². The summed E-state index contributed by atoms with van der Waals surface area (Å²) in [6.45, 7) is 2.71. The molecule has 0 saturated heterocycles. The molecule has 0 aromatic heterocycles. The van der Waals surface area contributed by atoms with E-state index < -0.39 is 11.8 Å². The highest BCUT2D eigenvalue weighted by atomic mass is 16.2. The molecule has 1 atom stereocenters. The molecule has 1 aliphatic rings. The van der Waals surface area contributed by atoms with Gasteiger partial charge in [0.05, 0.1) is 6.04 Å². The maximum absolute atomic E-state index is 12.4. The summed E-state index contributed by atoms with van der Waals surface area (Å²) in [5.41, 5.74) is 4.61. The van der Waals surface area contributed by atoms with Gasteiger partial charge in [0.1, 0.15) is 0 Å². The third-order valence-electron chi connectivity index (χ3n) is 5.34. The van der Waals surface area contributed by atoms with Crippen molar-refractivity contribution < 1.29 is 14.4 Å². The van der Waals surface area contributed by atoms with Crippen LogP contribution in [0.1, 0.15) is 24.1 Å². The largest absolute Gasteiger partial charge is 0.374 e. The Balaban J connectivity index is 1.61. The van der Waals surface area contributed by atoms with Crippen molar-refractivity contribution in [2.45, 2.75) is 19.4 Å². The van der Waals surface area contributed by atoms with Gasteiger partial charge in [0, 0.05) is 44.1 Å². The number of fused-ring (bicyclic) bond motifs is 1. The first-order valence-corrected chi connectivity index (χ1v) is 10.2. The van der Waals surface area contributed by atoms with Crippen LogP contribution in [-0.4, -0.2) is 56.9 Å². The second kappa shape index (κ2) is 9.61. The lowest BCUT2D eigenvalue weighted by atomic mass is 10.0. The fourth-order valence-electron chi connectivity index (χ4n) is 3.73. The number of nitrogens with zero attached hydrogens (tertiary/aromatic N) is 2. The maximum Gasteiger partial charge on any atom is 0.313 e. The zero-order valence-electron chi connectivity index (χ0n) is 18.4. The molecule has 3 N–H and O–H groups in total. The number of hydrogen-bond acceptors (Lipinski definition) is 5. The van der Waals surface area contributed by atoms with Gasteiger partial charge >= 0.3 is 11.8 Å². The third kappa shape index (κ3) is 5.61. The van der Waals surface area contributed by atoms with Crippen molar-refractivity contribution in [2.75, 3.05) is 49.8 Å². The van der Waals surface area contributed by atoms with E-state index in [9.17, 15) is 14.4 Å². The van der Waals surface area contributed by atoms with Gasteiger partial charge in [-0.2, -0.15) is 0 Å². The molecule has 8 heteroatoms. The minimum absolute atomic E-state index is 0.0592. The van der Waals surface area contributed by atoms with Gasteiger partial charge < -0.3 is 25.8 Å². The Kier molecular flexibility index (Phi) is 6.91. The molecular weight excluding hydrogens is 394 g/mol. The Bertz CT molecular complexity index is 989. The average Bonchev–Trinajstić information content (AvgIpc) is 3.08. The molecule has 2 aromatic rings. The van der Waals surface area contributed by atoms with Gasteiger partial charge in [-0.25, -0.2) is 0 Å². The first-order valence-electron chi connectivity index (χ1n) is 10.2. The summed E-state index contributed by atoms with van der Waals surface area (Å²) in [7, 11) is 5.98. The monoisotopic (exact) mass is 423 g/mol. The predicted octanol–water partition coefficient (Wildman–Crippen LogP) is 1.99. The highest BCUT2D eigenvalue weighted by Gasteiger charge is 2.22. The van der Waals surface area contributed by atoms with Crippen molar-refractivity contribution in [1.82, 2.24) is 10.2 Å². The van der Waals surface area contributed by atoms with Gasteiger partial charge in [0.2, 0.25) is 5.91 Å². The van der Waals surface area contributed by atoms with E-state index >= 15 is 0 Å². The lowest BCUT2D eigenvalue weighted by Crippen LogP contribution is -2.40. The normalized spacial score (nSPS) is 13.5. The number of benzene rings is 2. The molecule has 3 amide bonds. The summed E-state index contributed by atoms with van der Waals surface area (Å²) < 4.78 is 0. The van der Waals surface area contributed by atoms with Crippen LogP contribution in [0, 0.1) is 0 Å². The molecule has 0 unspecified atom stereocenters. The molecule has 8 nitrogen and oxygen atoms in total. The van der Waals surface area contributed by atoms with Crippen molar-refractivity contribution in [1.29, 1.82) is 0 Å². The van der Waals surface area contributed by atoms with Gasteiger partial charge in [-0.1, -0.05) is 18.2 Å². The van der Waals surface area contributed by atoms with Crippen LogP contribution in [0.2, 0.25) is 0 Å². The van der Waals surface area contributed by atoms with Crippen LogP contribution in [-0.2, 0) is 20.8 Å². The number of rotatable bonds is 6. The van der Waals surface area contributed by atoms with E-state index in [2.05, 4.69) is 46.1 Å². The molecule has 2 aromatic carbocycles. The van der Waals surface area contributed by atoms with Crippen molar-refractivity contribution in [2.24, 2.45) is 0 Å². The SMILES string of the molecule is CC(=O)Nc1cccc(NC(=O)C(=O)NC[C@@H](c2ccc3c(c2)CCN3C)N(C)C)c1. The number of carbonyl (C=O) groups is 3. The molecule has 31 heavy (non-hydrogen) atoms. The molecule has 0 spiro atoms. The number of hydrogen-bond donors (Lipinski definition) is 3. The number of nitrogens with one attached hydrogen (secondary N) is 3. The van der Waals surface area contributed by atoms with Crippen LogP contribution in [0.3, 0.4) is 0 Å². The van der Waals surface area contributed by atoms with Crippen molar-refractivity contribution in [3.63, 3.8) is 0 Å². The number of carbonyl (C=O) groups excluding carboxylic acids is 3. The van der Waals surface area contributed by atoms with Gasteiger partial charge in [-0.3, -0.25) is 14.4 Å². The molecule has 1 heterocycles. The lowest BCUT2D eigenvalue weighted by molar-refractivity contribution is -0.136. The van der Waals surface area contributed by atoms with Crippen LogP contribution in [0.25, 0.3) is 0 Å². The smallest absolute Gasteiger partial charge is 0.313 e. The Labute approximate surface area is 182 Å². The maximum atomic E-state index is 12.4. The highest BCUT2D eigenvalue weighted by molar-refractivity contribution is 6.39. The Morgan fingerprint density at radius 1 is 1.03 bits per heavy atom. The van der Waals surface area contributed by atoms with E-state index in [1.807, 2.05) is 19.0 Å². The van der Waals surface area contributed by atoms with E-state index in [0.29, 0.717) is 17.9 Å². The Hall–Kier alpha value is -3.39. The van der Waals surface area contributed by atoms with Crippen LogP contribution in [0.4, 0.5) is 17.1 Å². The minimum Gasteiger partial charge on any atom is -0.374 e. The quantitative estimate of drug-likeness (QED) is 0.618. The van der Waals surface area contributed by atoms with Gasteiger partial charge in [-0.05, 0) is 55.9 Å². The molecule has 0 aliphatic carbocycles. The van der Waals surface area contributed by atoms with Crippen molar-refractivity contribution in [3.8, 4) is 0 Å². The van der Waals surface area contributed by atoms with Gasteiger partial charge in [-0.15, -0.1) is 0 Å². The second-order valence-corrected chi connectivity index (χ2v) is 7.97. The zero-order valence-corrected chi connectivity index (χ0v) is 18.4. The summed E-state index contributed by atoms with van der Waals surface area (Å²) in [4.78, 5) is 40.1. The van der Waals surface area contributed by atoms with E-state index in [-0.39, 0.29) is 11.9 Å². The fourth-order valence-corrected chi connectivity index (χ4v) is 3.73. The average molecular weight is 424 g/mol. The molecule has 0 radical (unpaired) electrons. The minimum atomic E-state index is -0.756. The molecule has 0 fully saturated rings. The first kappa shape index (κ1) is 22.3. The lowest BCUT2D eigenvalue weighted by Gasteiger charge is -2.26. The molecule has 0 bridgehead atoms. The number of amides is 3. The topological polar surface area (TPSA) is 93.8 Å². The summed E-state index contributed by atoms with van der Waals surface area (Å²) in [6, 6.07) is 13.0. The summed E-state index contributed by atoms with van der Waals surface area (Å²) in [5.74, 6) is -1.68. The zero-order chi connectivity index (χ0) is 22.5. The van der Waals surface area contributed by atoms with Gasteiger partial charge in [0.15, 0.2) is 0 Å². The Morgan fingerprint density at radius 2 is 1.74 bits per heavy atom. The predicted molar refractivity (Wildman–Crippen MR) is 122 cm³/mol. The first-order chi connectivity index (χ1) is 14.7. The van der Waals surface area contributed by atoms with E-state index in [1.165, 1.54) is 18.2 Å². The standard InChI is InChI=1S/C23H29N5O3/c1-15(29)25-18-6-5-7-19(13-18)26-23(31)22(30)24-14-21(27(2)3)16-8-9-20-17(12-16)10-11-28(20)4/h5-9,12-13,21H,10-11,14H2,1-4H3,(H,24,30)(H,25,29)(H,26,31)/t21-/m0/s1. The second-order valence-electron chi connectivity index (χ2n) is 7.97. The number of anilines is 3. The molecule has 164 valence electrons. The summed E-state index contributed by atoms with van der Waals surface area (Å²) >= 11 is 0. The van der Waals surface area contributed by atoms with Crippen LogP contribution < -0.4 is 20.9 Å². The van der Waals surface area contributed by atoms with Crippen molar-refractivity contribution >= 4 is 34.8 Å². The highest BCUT2D eigenvalue weighted by Crippen LogP contribution is 2.30. The van der Waals surface area contributed by atoms with Crippen LogP contribution in [0.5, 0.6) is 0 Å². The molecule has 1 aliphatic heterocycles. The third-order valence-corrected chi connectivity index (χ3v) is 5.34. The van der Waals surface area contributed by atoms with E-state index in [0.717, 1.165) is 18.5 Å². The molecular formula is C23H29N5O3. The molecule has 3 rings (SSSR count). The molecule has 0 saturated carbocycles. The summed E-state index contributed by atoms with van der Waals surface area (Å²) in [6.07, 6.45) is 1.01. The van der Waals surface area contributed by atoms with Gasteiger partial charge in [0.25, 0.3) is 0 Å². The van der Waals surface area contributed by atoms with E-state index in [1.54, 1.807) is 24.3 Å².